The fourth-order valence-electron chi connectivity index (χ4n) is 1.56. The summed E-state index contributed by atoms with van der Waals surface area (Å²) in [7, 11) is 1.33. The van der Waals surface area contributed by atoms with Crippen LogP contribution in [-0.4, -0.2) is 13.1 Å². The first-order valence-corrected chi connectivity index (χ1v) is 6.49. The molecule has 0 aromatic heterocycles. The number of ether oxygens (including phenoxy) is 2. The van der Waals surface area contributed by atoms with Crippen molar-refractivity contribution in [1.82, 2.24) is 0 Å². The molecule has 0 radical (unpaired) electrons. The Morgan fingerprint density at radius 1 is 1.20 bits per heavy atom. The largest absolute Gasteiger partial charge is 0.465 e. The monoisotopic (exact) mass is 331 g/mol. The van der Waals surface area contributed by atoms with Gasteiger partial charge in [0.1, 0.15) is 11.5 Å². The highest BCUT2D eigenvalue weighted by Crippen LogP contribution is 2.30. The van der Waals surface area contributed by atoms with Crippen molar-refractivity contribution in [2.24, 2.45) is 0 Å². The Morgan fingerprint density at radius 3 is 2.45 bits per heavy atom. The van der Waals surface area contributed by atoms with Crippen LogP contribution in [0.4, 0.5) is 0 Å². The minimum atomic E-state index is -0.392. The van der Waals surface area contributed by atoms with Gasteiger partial charge in [-0.15, -0.1) is 0 Å². The van der Waals surface area contributed by atoms with E-state index < -0.39 is 5.97 Å². The van der Waals surface area contributed by atoms with Crippen molar-refractivity contribution < 1.29 is 14.3 Å². The normalized spacial score (nSPS) is 9.65. The van der Waals surface area contributed by atoms with Crippen molar-refractivity contribution in [3.8, 4) is 17.6 Å². The first-order chi connectivity index (χ1) is 9.63. The molecule has 20 heavy (non-hydrogen) atoms. The van der Waals surface area contributed by atoms with Gasteiger partial charge in [-0.2, -0.15) is 5.26 Å². The van der Waals surface area contributed by atoms with E-state index in [4.69, 9.17) is 10.00 Å². The minimum Gasteiger partial charge on any atom is -0.465 e. The van der Waals surface area contributed by atoms with Gasteiger partial charge in [0.15, 0.2) is 0 Å². The molecular formula is C15H10BrNO3. The quantitative estimate of drug-likeness (QED) is 0.800. The highest BCUT2D eigenvalue weighted by atomic mass is 79.9. The van der Waals surface area contributed by atoms with E-state index in [1.807, 2.05) is 6.07 Å². The number of carbonyl (C=O) groups excluding carboxylic acids is 1. The maximum absolute atomic E-state index is 11.3. The van der Waals surface area contributed by atoms with E-state index >= 15 is 0 Å². The van der Waals surface area contributed by atoms with Gasteiger partial charge in [-0.25, -0.2) is 4.79 Å². The second-order valence-electron chi connectivity index (χ2n) is 3.88. The maximum atomic E-state index is 11.3. The van der Waals surface area contributed by atoms with Crippen LogP contribution in [0, 0.1) is 11.3 Å². The molecule has 2 rings (SSSR count). The summed E-state index contributed by atoms with van der Waals surface area (Å²) in [5.41, 5.74) is 1.00. The van der Waals surface area contributed by atoms with Crippen molar-refractivity contribution in [1.29, 1.82) is 5.26 Å². The lowest BCUT2D eigenvalue weighted by atomic mass is 10.2. The summed E-state index contributed by atoms with van der Waals surface area (Å²) in [4.78, 5) is 11.3. The minimum absolute atomic E-state index is 0.392. The van der Waals surface area contributed by atoms with Crippen molar-refractivity contribution in [3.63, 3.8) is 0 Å². The van der Waals surface area contributed by atoms with E-state index in [0.29, 0.717) is 27.1 Å². The Morgan fingerprint density at radius 2 is 1.90 bits per heavy atom. The Labute approximate surface area is 124 Å². The van der Waals surface area contributed by atoms with Crippen molar-refractivity contribution in [2.75, 3.05) is 7.11 Å². The summed E-state index contributed by atoms with van der Waals surface area (Å²) >= 11 is 3.34. The average molecular weight is 332 g/mol. The molecule has 4 nitrogen and oxygen atoms in total. The second-order valence-corrected chi connectivity index (χ2v) is 4.73. The molecule has 0 spiro atoms. The summed E-state index contributed by atoms with van der Waals surface area (Å²) in [5.74, 6) is 0.786. The molecule has 0 aliphatic heterocycles. The molecule has 0 heterocycles. The van der Waals surface area contributed by atoms with Crippen LogP contribution in [0.15, 0.2) is 46.9 Å². The molecule has 0 aliphatic rings. The molecule has 0 saturated heterocycles. The number of nitriles is 1. The van der Waals surface area contributed by atoms with Gasteiger partial charge in [0.2, 0.25) is 0 Å². The third-order valence-electron chi connectivity index (χ3n) is 2.56. The summed E-state index contributed by atoms with van der Waals surface area (Å²) in [6.45, 7) is 0. The number of nitrogens with zero attached hydrogens (tertiary/aromatic N) is 1. The number of benzene rings is 2. The maximum Gasteiger partial charge on any atom is 0.337 e. The fourth-order valence-corrected chi connectivity index (χ4v) is 2.02. The standard InChI is InChI=1S/C15H10BrNO3/c1-19-15(18)11-3-5-12(6-4-11)20-14-7-2-10(9-17)8-13(14)16/h2-8H,1H3. The zero-order valence-electron chi connectivity index (χ0n) is 10.6. The molecule has 0 aliphatic carbocycles. The summed E-state index contributed by atoms with van der Waals surface area (Å²) in [5, 5.41) is 8.79. The number of halogens is 1. The molecule has 0 bridgehead atoms. The van der Waals surface area contributed by atoms with E-state index in [1.54, 1.807) is 42.5 Å². The molecule has 0 unspecified atom stereocenters. The number of esters is 1. The van der Waals surface area contributed by atoms with Crippen molar-refractivity contribution in [2.45, 2.75) is 0 Å². The van der Waals surface area contributed by atoms with E-state index in [0.717, 1.165) is 0 Å². The fraction of sp³-hybridized carbons (Fsp3) is 0.0667. The van der Waals surface area contributed by atoms with Crippen LogP contribution in [0.1, 0.15) is 15.9 Å². The summed E-state index contributed by atoms with van der Waals surface area (Å²) in [6, 6.07) is 13.7. The molecule has 0 amide bonds. The van der Waals surface area contributed by atoms with Gasteiger partial charge in [-0.05, 0) is 58.4 Å². The van der Waals surface area contributed by atoms with Gasteiger partial charge in [0.25, 0.3) is 0 Å². The zero-order chi connectivity index (χ0) is 14.5. The SMILES string of the molecule is COC(=O)c1ccc(Oc2ccc(C#N)cc2Br)cc1. The first-order valence-electron chi connectivity index (χ1n) is 5.70. The highest BCUT2D eigenvalue weighted by molar-refractivity contribution is 9.10. The molecule has 0 atom stereocenters. The second kappa shape index (κ2) is 6.22. The van der Waals surface area contributed by atoms with Gasteiger partial charge in [-0.3, -0.25) is 0 Å². The smallest absolute Gasteiger partial charge is 0.337 e. The lowest BCUT2D eigenvalue weighted by Gasteiger charge is -2.08. The topological polar surface area (TPSA) is 59.3 Å². The molecule has 0 saturated carbocycles. The van der Waals surface area contributed by atoms with E-state index in [2.05, 4.69) is 20.7 Å². The van der Waals surface area contributed by atoms with Crippen molar-refractivity contribution in [3.05, 3.63) is 58.1 Å². The van der Waals surface area contributed by atoms with E-state index in [9.17, 15) is 4.79 Å². The van der Waals surface area contributed by atoms with Crippen molar-refractivity contribution >= 4 is 21.9 Å². The van der Waals surface area contributed by atoms with Crippen LogP contribution in [0.5, 0.6) is 11.5 Å². The van der Waals surface area contributed by atoms with Crippen LogP contribution in [-0.2, 0) is 4.74 Å². The molecule has 0 fully saturated rings. The van der Waals surface area contributed by atoms with E-state index in [1.165, 1.54) is 7.11 Å². The predicted octanol–water partition coefficient (Wildman–Crippen LogP) is 3.90. The highest BCUT2D eigenvalue weighted by Gasteiger charge is 2.07. The summed E-state index contributed by atoms with van der Waals surface area (Å²) in [6.07, 6.45) is 0. The van der Waals surface area contributed by atoms with Crippen LogP contribution in [0.3, 0.4) is 0 Å². The number of methoxy groups -OCH3 is 1. The van der Waals surface area contributed by atoms with Gasteiger partial charge >= 0.3 is 5.97 Å². The molecule has 2 aromatic carbocycles. The number of carbonyl (C=O) groups is 1. The van der Waals surface area contributed by atoms with Gasteiger partial charge in [0, 0.05) is 0 Å². The number of hydrogen-bond donors (Lipinski definition) is 0. The van der Waals surface area contributed by atoms with Crippen LogP contribution < -0.4 is 4.74 Å². The third kappa shape index (κ3) is 3.16. The third-order valence-corrected chi connectivity index (χ3v) is 3.18. The number of rotatable bonds is 3. The van der Waals surface area contributed by atoms with Gasteiger partial charge in [-0.1, -0.05) is 0 Å². The van der Waals surface area contributed by atoms with E-state index in [-0.39, 0.29) is 0 Å². The Kier molecular flexibility index (Phi) is 4.38. The zero-order valence-corrected chi connectivity index (χ0v) is 12.2. The number of hydrogen-bond acceptors (Lipinski definition) is 4. The van der Waals surface area contributed by atoms with Gasteiger partial charge in [0.05, 0.1) is 28.8 Å². The van der Waals surface area contributed by atoms with Crippen LogP contribution in [0.2, 0.25) is 0 Å². The Hall–Kier alpha value is -2.32. The van der Waals surface area contributed by atoms with Gasteiger partial charge < -0.3 is 9.47 Å². The Balaban J connectivity index is 2.18. The lowest BCUT2D eigenvalue weighted by molar-refractivity contribution is 0.0600. The van der Waals surface area contributed by atoms with Crippen LogP contribution >= 0.6 is 15.9 Å². The molecule has 2 aromatic rings. The first kappa shape index (κ1) is 14.1. The molecule has 100 valence electrons. The average Bonchev–Trinajstić information content (AvgIpc) is 2.49. The molecule has 0 N–H and O–H groups in total. The molecular weight excluding hydrogens is 322 g/mol. The van der Waals surface area contributed by atoms with Crippen LogP contribution in [0.25, 0.3) is 0 Å². The predicted molar refractivity (Wildman–Crippen MR) is 76.7 cm³/mol. The lowest BCUT2D eigenvalue weighted by Crippen LogP contribution is -2.00. The summed E-state index contributed by atoms with van der Waals surface area (Å²) < 4.78 is 11.0. The Bertz CT molecular complexity index is 675. The molecule has 5 heteroatoms.